The Morgan fingerprint density at radius 3 is 2.14 bits per heavy atom. The maximum atomic E-state index is 15.5. The predicted octanol–water partition coefficient (Wildman–Crippen LogP) is 13.1. The molecule has 1 heterocycles. The number of aliphatic hydroxyl groups excluding tert-OH is 2. The molecule has 2 aliphatic carbocycles. The molecule has 0 bridgehead atoms. The van der Waals surface area contributed by atoms with E-state index in [-0.39, 0.29) is 68.4 Å². The zero-order valence-corrected chi connectivity index (χ0v) is 42.9. The van der Waals surface area contributed by atoms with Crippen LogP contribution in [-0.2, 0) is 22.7 Å². The molecule has 16 heteroatoms. The molecule has 3 aliphatic rings. The van der Waals surface area contributed by atoms with Crippen molar-refractivity contribution in [2.75, 3.05) is 19.8 Å². The van der Waals surface area contributed by atoms with Crippen LogP contribution in [0.4, 0.5) is 16.2 Å². The molecule has 7 aromatic carbocycles. The van der Waals surface area contributed by atoms with E-state index in [2.05, 4.69) is 12.7 Å². The minimum atomic E-state index is -1.68. The fourth-order valence-corrected chi connectivity index (χ4v) is 11.7. The molecule has 10 rings (SSSR count). The van der Waals surface area contributed by atoms with Crippen LogP contribution in [0.15, 0.2) is 181 Å². The molecule has 6 atom stereocenters. The van der Waals surface area contributed by atoms with Crippen LogP contribution < -0.4 is 14.2 Å². The van der Waals surface area contributed by atoms with Crippen molar-refractivity contribution in [3.8, 4) is 23.0 Å². The molecule has 1 amide bonds. The van der Waals surface area contributed by atoms with Gasteiger partial charge in [0.05, 0.1) is 34.6 Å². The number of unbranched alkanes of at least 4 members (excludes halogenated alkanes) is 2. The maximum absolute atomic E-state index is 15.5. The number of allylic oxidation sites excluding steroid dienone is 1. The van der Waals surface area contributed by atoms with E-state index < -0.39 is 39.6 Å². The number of fused-ring (bicyclic) bond motifs is 4. The van der Waals surface area contributed by atoms with Crippen LogP contribution in [0, 0.1) is 38.0 Å². The highest BCUT2D eigenvalue weighted by atomic mass is 16.7. The topological polar surface area (TPSA) is 206 Å². The standard InChI is InChI=1S/C62H60N4O12/c1-2-34-74-62-58(64(39-46-17-11-16-43-13-5-6-18-52(43)46)61(69)77-49-28-25-48(26-29-49)66(72)73)38-56(63-75-40-41-20-23-47(24-21-41)65(70)71)54-36-45(15-7-9-32-67)53(19-8-10-33-68)59(60(54)62)55-37-51(30-31-57(55)78-62)76-50-27-22-42-12-3-4-14-44(42)35-50/h2-6,11-14,16-18,20-31,35-37,45,53,58-60,67-68H,1,7-10,15,19,32-34,38-40H2/t45-,53+,58-,59+,60+,62+/m0/s1. The largest absolute Gasteiger partial charge is 0.459 e. The Morgan fingerprint density at radius 1 is 0.756 bits per heavy atom. The van der Waals surface area contributed by atoms with Gasteiger partial charge in [-0.3, -0.25) is 25.1 Å². The van der Waals surface area contributed by atoms with Crippen molar-refractivity contribution < 1.29 is 48.6 Å². The lowest BCUT2D eigenvalue weighted by Crippen LogP contribution is -2.70. The zero-order valence-electron chi connectivity index (χ0n) is 42.9. The molecular weight excluding hydrogens is 993 g/mol. The van der Waals surface area contributed by atoms with Crippen molar-refractivity contribution in [1.82, 2.24) is 4.90 Å². The van der Waals surface area contributed by atoms with Crippen LogP contribution >= 0.6 is 0 Å². The molecule has 78 heavy (non-hydrogen) atoms. The molecular formula is C62H60N4O12. The molecule has 1 fully saturated rings. The number of benzene rings is 7. The Balaban J connectivity index is 1.17. The Morgan fingerprint density at radius 2 is 1.41 bits per heavy atom. The van der Waals surface area contributed by atoms with Gasteiger partial charge in [0.15, 0.2) is 0 Å². The van der Waals surface area contributed by atoms with E-state index in [0.717, 1.165) is 51.1 Å². The Kier molecular flexibility index (Phi) is 16.2. The van der Waals surface area contributed by atoms with Gasteiger partial charge in [0.1, 0.15) is 35.6 Å². The number of carbonyl (C=O) groups excluding carboxylic acids is 1. The monoisotopic (exact) mass is 1050 g/mol. The lowest BCUT2D eigenvalue weighted by Gasteiger charge is -2.59. The van der Waals surface area contributed by atoms with Crippen molar-refractivity contribution in [1.29, 1.82) is 0 Å². The summed E-state index contributed by atoms with van der Waals surface area (Å²) < 4.78 is 27.7. The van der Waals surface area contributed by atoms with Gasteiger partial charge in [-0.25, -0.2) is 4.79 Å². The molecule has 7 aromatic rings. The van der Waals surface area contributed by atoms with E-state index in [1.54, 1.807) is 23.1 Å². The van der Waals surface area contributed by atoms with Gasteiger partial charge in [0.2, 0.25) is 5.79 Å². The third-order valence-corrected chi connectivity index (χ3v) is 15.2. The summed E-state index contributed by atoms with van der Waals surface area (Å²) in [5.41, 5.74) is 3.34. The summed E-state index contributed by atoms with van der Waals surface area (Å²) in [6.45, 7) is 4.08. The molecule has 0 radical (unpaired) electrons. The van der Waals surface area contributed by atoms with Gasteiger partial charge < -0.3 is 34.0 Å². The van der Waals surface area contributed by atoms with Gasteiger partial charge in [-0.2, -0.15) is 0 Å². The summed E-state index contributed by atoms with van der Waals surface area (Å²) in [6.07, 6.45) is 7.11. The first-order valence-corrected chi connectivity index (χ1v) is 26.4. The minimum Gasteiger partial charge on any atom is -0.459 e. The Hall–Kier alpha value is -8.44. The third-order valence-electron chi connectivity index (χ3n) is 15.2. The third kappa shape index (κ3) is 11.2. The second-order valence-corrected chi connectivity index (χ2v) is 20.0. The van der Waals surface area contributed by atoms with E-state index in [9.17, 15) is 30.4 Å². The quantitative estimate of drug-likeness (QED) is 0.0281. The molecule has 0 spiro atoms. The van der Waals surface area contributed by atoms with Gasteiger partial charge in [-0.1, -0.05) is 103 Å². The van der Waals surface area contributed by atoms with Gasteiger partial charge in [-0.05, 0) is 130 Å². The lowest BCUT2D eigenvalue weighted by atomic mass is 9.55. The maximum Gasteiger partial charge on any atom is 0.416 e. The number of ether oxygens (including phenoxy) is 4. The van der Waals surface area contributed by atoms with E-state index in [0.29, 0.717) is 54.2 Å². The summed E-state index contributed by atoms with van der Waals surface area (Å²) in [7, 11) is 0. The van der Waals surface area contributed by atoms with Crippen molar-refractivity contribution in [2.45, 2.75) is 75.8 Å². The number of rotatable bonds is 22. The number of nitro groups is 2. The van der Waals surface area contributed by atoms with Crippen LogP contribution in [0.3, 0.4) is 0 Å². The summed E-state index contributed by atoms with van der Waals surface area (Å²) in [4.78, 5) is 45.7. The number of nitro benzene ring substituents is 2. The molecule has 2 N–H and O–H groups in total. The number of amides is 1. The summed E-state index contributed by atoms with van der Waals surface area (Å²) in [5.74, 6) is -1.14. The molecule has 0 aromatic heterocycles. The highest BCUT2D eigenvalue weighted by Gasteiger charge is 2.66. The van der Waals surface area contributed by atoms with Crippen molar-refractivity contribution >= 4 is 44.7 Å². The van der Waals surface area contributed by atoms with E-state index in [1.165, 1.54) is 36.4 Å². The molecule has 400 valence electrons. The molecule has 1 saturated carbocycles. The molecule has 16 nitrogen and oxygen atoms in total. The normalized spacial score (nSPS) is 20.7. The number of non-ortho nitro benzene ring substituents is 2. The van der Waals surface area contributed by atoms with Crippen LogP contribution in [0.2, 0.25) is 0 Å². The molecule has 1 aliphatic heterocycles. The van der Waals surface area contributed by atoms with Gasteiger partial charge in [-0.15, -0.1) is 6.58 Å². The number of nitrogens with zero attached hydrogens (tertiary/aromatic N) is 4. The predicted molar refractivity (Wildman–Crippen MR) is 295 cm³/mol. The zero-order chi connectivity index (χ0) is 54.2. The van der Waals surface area contributed by atoms with Crippen LogP contribution in [0.1, 0.15) is 67.6 Å². The Bertz CT molecular complexity index is 3380. The average Bonchev–Trinajstić information content (AvgIpc) is 2.99. The highest BCUT2D eigenvalue weighted by Crippen LogP contribution is 2.62. The van der Waals surface area contributed by atoms with E-state index >= 15 is 4.79 Å². The van der Waals surface area contributed by atoms with E-state index in [1.807, 2.05) is 103 Å². The van der Waals surface area contributed by atoms with Gasteiger partial charge in [0.25, 0.3) is 11.4 Å². The smallest absolute Gasteiger partial charge is 0.416 e. The molecule has 0 unspecified atom stereocenters. The number of hydrogen-bond acceptors (Lipinski definition) is 13. The fourth-order valence-electron chi connectivity index (χ4n) is 11.7. The van der Waals surface area contributed by atoms with Crippen molar-refractivity contribution in [3.05, 3.63) is 213 Å². The SMILES string of the molecule is C=CCO[C@@]12Oc3ccc(Oc4ccc5ccccc5c4)cc3[C@H]3[C@H](CCCCO)[C@@H](CCCCO)C=C(C(=NOCc4ccc([N+](=O)[O-])cc4)C[C@@H]1N(Cc1cccc4ccccc14)C(=O)Oc1ccc([N+](=O)[O-])cc1)[C@H]32. The van der Waals surface area contributed by atoms with Crippen molar-refractivity contribution in [3.63, 3.8) is 0 Å². The minimum absolute atomic E-state index is 0.00320. The van der Waals surface area contributed by atoms with Crippen LogP contribution in [-0.4, -0.2) is 68.4 Å². The van der Waals surface area contributed by atoms with Gasteiger partial charge >= 0.3 is 6.09 Å². The fraction of sp³-hybridized carbons (Fsp3) is 0.290. The average molecular weight is 1050 g/mol. The summed E-state index contributed by atoms with van der Waals surface area (Å²) >= 11 is 0. The van der Waals surface area contributed by atoms with Crippen molar-refractivity contribution in [2.24, 2.45) is 22.9 Å². The number of oxime groups is 1. The van der Waals surface area contributed by atoms with Crippen LogP contribution in [0.25, 0.3) is 21.5 Å². The number of hydrogen-bond donors (Lipinski definition) is 2. The van der Waals surface area contributed by atoms with Crippen LogP contribution in [0.5, 0.6) is 23.0 Å². The van der Waals surface area contributed by atoms with E-state index in [4.69, 9.17) is 28.9 Å². The number of carbonyl (C=O) groups is 1. The summed E-state index contributed by atoms with van der Waals surface area (Å²) in [6, 6.07) is 43.9. The second kappa shape index (κ2) is 23.8. The first-order valence-electron chi connectivity index (χ1n) is 26.4. The highest BCUT2D eigenvalue weighted by molar-refractivity contribution is 6.03. The first-order chi connectivity index (χ1) is 38.1. The lowest BCUT2D eigenvalue weighted by molar-refractivity contribution is -0.385. The Labute approximate surface area is 451 Å². The van der Waals surface area contributed by atoms with Gasteiger partial charge in [0, 0.05) is 55.4 Å². The summed E-state index contributed by atoms with van der Waals surface area (Å²) in [5, 5.41) is 52.4. The molecule has 0 saturated heterocycles. The number of aliphatic hydroxyl groups is 2. The second-order valence-electron chi connectivity index (χ2n) is 20.0. The first kappa shape index (κ1) is 53.0.